The van der Waals surface area contributed by atoms with E-state index in [0.717, 1.165) is 38.0 Å². The highest BCUT2D eigenvalue weighted by molar-refractivity contribution is 9.10. The molecule has 5 rings (SSSR count). The monoisotopic (exact) mass is 646 g/mol. The van der Waals surface area contributed by atoms with E-state index in [9.17, 15) is 9.59 Å². The van der Waals surface area contributed by atoms with E-state index in [1.807, 2.05) is 80.6 Å². The van der Waals surface area contributed by atoms with Gasteiger partial charge in [0.1, 0.15) is 18.1 Å². The molecule has 42 heavy (non-hydrogen) atoms. The molecule has 0 amide bonds. The van der Waals surface area contributed by atoms with Crippen molar-refractivity contribution in [3.63, 3.8) is 0 Å². The maximum atomic E-state index is 13.9. The third-order valence-corrected chi connectivity index (χ3v) is 8.54. The van der Waals surface area contributed by atoms with Crippen molar-refractivity contribution in [2.24, 2.45) is 4.99 Å². The molecule has 0 aliphatic carbocycles. The van der Waals surface area contributed by atoms with Crippen molar-refractivity contribution in [2.45, 2.75) is 40.3 Å². The standard InChI is InChI=1S/C33H31BrN2O5S/c1-6-40-32(38)28-21(4)35-33-36(29(28)24-9-13-26(39-5)14-10-24)31(37)27(42-33)17-23-15-19(2)30(20(3)16-23)41-18-22-7-11-25(34)12-8-22/h7-17,29H,6,18H2,1-5H3/b27-17-/t29-/m1/s1. The maximum Gasteiger partial charge on any atom is 0.338 e. The molecular weight excluding hydrogens is 616 g/mol. The van der Waals surface area contributed by atoms with Crippen LogP contribution >= 0.6 is 27.3 Å². The summed E-state index contributed by atoms with van der Waals surface area (Å²) in [6.07, 6.45) is 1.87. The van der Waals surface area contributed by atoms with Gasteiger partial charge < -0.3 is 14.2 Å². The Morgan fingerprint density at radius 3 is 2.33 bits per heavy atom. The van der Waals surface area contributed by atoms with Crippen LogP contribution in [-0.2, 0) is 16.1 Å². The Kier molecular flexibility index (Phi) is 8.80. The summed E-state index contributed by atoms with van der Waals surface area (Å²) in [5, 5.41) is 0. The molecule has 0 fully saturated rings. The summed E-state index contributed by atoms with van der Waals surface area (Å²) >= 11 is 4.76. The van der Waals surface area contributed by atoms with Crippen molar-refractivity contribution in [2.75, 3.05) is 13.7 Å². The first kappa shape index (κ1) is 29.5. The number of carbonyl (C=O) groups excluding carboxylic acids is 1. The van der Waals surface area contributed by atoms with Crippen molar-refractivity contribution >= 4 is 39.3 Å². The number of hydrogen-bond donors (Lipinski definition) is 0. The van der Waals surface area contributed by atoms with Gasteiger partial charge in [0, 0.05) is 4.47 Å². The van der Waals surface area contributed by atoms with Crippen LogP contribution in [0.1, 0.15) is 47.7 Å². The average molecular weight is 648 g/mol. The Balaban J connectivity index is 1.54. The highest BCUT2D eigenvalue weighted by Crippen LogP contribution is 2.32. The van der Waals surface area contributed by atoms with E-state index in [2.05, 4.69) is 20.9 Å². The second-order valence-electron chi connectivity index (χ2n) is 9.97. The van der Waals surface area contributed by atoms with E-state index < -0.39 is 12.0 Å². The summed E-state index contributed by atoms with van der Waals surface area (Å²) in [6.45, 7) is 8.21. The van der Waals surface area contributed by atoms with Crippen molar-refractivity contribution < 1.29 is 19.0 Å². The Morgan fingerprint density at radius 2 is 1.71 bits per heavy atom. The largest absolute Gasteiger partial charge is 0.497 e. The lowest BCUT2D eigenvalue weighted by molar-refractivity contribution is -0.139. The molecule has 216 valence electrons. The van der Waals surface area contributed by atoms with Gasteiger partial charge in [0.15, 0.2) is 4.80 Å². The van der Waals surface area contributed by atoms with Crippen LogP contribution in [-0.4, -0.2) is 24.3 Å². The van der Waals surface area contributed by atoms with E-state index in [-0.39, 0.29) is 12.2 Å². The number of carbonyl (C=O) groups is 1. The second-order valence-corrected chi connectivity index (χ2v) is 11.9. The zero-order valence-corrected chi connectivity index (χ0v) is 26.5. The molecule has 7 nitrogen and oxygen atoms in total. The van der Waals surface area contributed by atoms with Gasteiger partial charge in [-0.25, -0.2) is 9.79 Å². The topological polar surface area (TPSA) is 79.1 Å². The number of esters is 1. The summed E-state index contributed by atoms with van der Waals surface area (Å²) in [4.78, 5) is 32.2. The summed E-state index contributed by atoms with van der Waals surface area (Å²) < 4.78 is 20.0. The highest BCUT2D eigenvalue weighted by Gasteiger charge is 2.33. The number of ether oxygens (including phenoxy) is 3. The van der Waals surface area contributed by atoms with Gasteiger partial charge in [-0.05, 0) is 98.0 Å². The molecule has 0 bridgehead atoms. The lowest BCUT2D eigenvalue weighted by Gasteiger charge is -2.24. The minimum absolute atomic E-state index is 0.219. The van der Waals surface area contributed by atoms with Gasteiger partial charge >= 0.3 is 5.97 Å². The summed E-state index contributed by atoms with van der Waals surface area (Å²) in [5.41, 5.74) is 5.32. The number of halogens is 1. The van der Waals surface area contributed by atoms with Gasteiger partial charge in [-0.1, -0.05) is 51.5 Å². The molecule has 1 atom stereocenters. The number of aryl methyl sites for hydroxylation is 2. The summed E-state index contributed by atoms with van der Waals surface area (Å²) in [7, 11) is 1.59. The molecule has 3 aromatic carbocycles. The van der Waals surface area contributed by atoms with Crippen LogP contribution in [0.5, 0.6) is 11.5 Å². The second kappa shape index (κ2) is 12.5. The highest BCUT2D eigenvalue weighted by atomic mass is 79.9. The van der Waals surface area contributed by atoms with Gasteiger partial charge in [-0.15, -0.1) is 0 Å². The molecule has 9 heteroatoms. The Morgan fingerprint density at radius 1 is 1.05 bits per heavy atom. The fourth-order valence-corrected chi connectivity index (χ4v) is 6.39. The predicted molar refractivity (Wildman–Crippen MR) is 168 cm³/mol. The summed E-state index contributed by atoms with van der Waals surface area (Å²) in [5.74, 6) is 1.02. The number of rotatable bonds is 8. The number of thiazole rings is 1. The van der Waals surface area contributed by atoms with Crippen LogP contribution in [0.15, 0.2) is 86.2 Å². The quantitative estimate of drug-likeness (QED) is 0.227. The molecule has 0 N–H and O–H groups in total. The van der Waals surface area contributed by atoms with Gasteiger partial charge in [-0.2, -0.15) is 0 Å². The first-order valence-electron chi connectivity index (χ1n) is 13.5. The Bertz CT molecular complexity index is 1830. The number of methoxy groups -OCH3 is 1. The molecule has 0 spiro atoms. The Hall–Kier alpha value is -3.95. The third kappa shape index (κ3) is 5.98. The van der Waals surface area contributed by atoms with E-state index in [1.54, 1.807) is 25.5 Å². The minimum Gasteiger partial charge on any atom is -0.497 e. The zero-order chi connectivity index (χ0) is 30.0. The first-order valence-corrected chi connectivity index (χ1v) is 15.1. The molecule has 0 saturated heterocycles. The fourth-order valence-electron chi connectivity index (χ4n) is 5.08. The van der Waals surface area contributed by atoms with E-state index in [4.69, 9.17) is 14.2 Å². The molecular formula is C33H31BrN2O5S. The number of hydrogen-bond acceptors (Lipinski definition) is 7. The molecule has 1 aromatic heterocycles. The van der Waals surface area contributed by atoms with Crippen molar-refractivity contribution in [3.8, 4) is 11.5 Å². The van der Waals surface area contributed by atoms with Crippen LogP contribution in [0.2, 0.25) is 0 Å². The fraction of sp³-hybridized carbons (Fsp3) is 0.242. The molecule has 0 saturated carbocycles. The zero-order valence-electron chi connectivity index (χ0n) is 24.1. The Labute approximate surface area is 256 Å². The van der Waals surface area contributed by atoms with Crippen LogP contribution in [0, 0.1) is 13.8 Å². The first-order chi connectivity index (χ1) is 20.2. The normalized spacial score (nSPS) is 14.8. The van der Waals surface area contributed by atoms with Crippen molar-refractivity contribution in [3.05, 3.63) is 124 Å². The van der Waals surface area contributed by atoms with Crippen molar-refractivity contribution in [1.29, 1.82) is 0 Å². The van der Waals surface area contributed by atoms with Gasteiger partial charge in [-0.3, -0.25) is 9.36 Å². The SMILES string of the molecule is CCOC(=O)C1=C(C)N=c2s/c(=C\c3cc(C)c(OCc4ccc(Br)cc4)c(C)c3)c(=O)n2[C@@H]1c1ccc(OC)cc1. The van der Waals surface area contributed by atoms with E-state index >= 15 is 0 Å². The lowest BCUT2D eigenvalue weighted by atomic mass is 9.96. The number of benzene rings is 3. The van der Waals surface area contributed by atoms with Crippen LogP contribution in [0.25, 0.3) is 6.08 Å². The number of nitrogens with zero attached hydrogens (tertiary/aromatic N) is 2. The van der Waals surface area contributed by atoms with Crippen molar-refractivity contribution in [1.82, 2.24) is 4.57 Å². The lowest BCUT2D eigenvalue weighted by Crippen LogP contribution is -2.39. The average Bonchev–Trinajstić information content (AvgIpc) is 3.26. The van der Waals surface area contributed by atoms with E-state index in [1.165, 1.54) is 11.3 Å². The minimum atomic E-state index is -0.675. The molecule has 0 radical (unpaired) electrons. The van der Waals surface area contributed by atoms with E-state index in [0.29, 0.717) is 33.0 Å². The maximum absolute atomic E-state index is 13.9. The van der Waals surface area contributed by atoms with Crippen LogP contribution in [0.3, 0.4) is 0 Å². The molecule has 4 aromatic rings. The molecule has 2 heterocycles. The number of allylic oxidation sites excluding steroid dienone is 1. The third-order valence-electron chi connectivity index (χ3n) is 7.03. The molecule has 0 unspecified atom stereocenters. The van der Waals surface area contributed by atoms with Crippen LogP contribution < -0.4 is 24.4 Å². The molecule has 1 aliphatic heterocycles. The number of fused-ring (bicyclic) bond motifs is 1. The van der Waals surface area contributed by atoms with Gasteiger partial charge in [0.05, 0.1) is 35.6 Å². The van der Waals surface area contributed by atoms with Crippen LogP contribution in [0.4, 0.5) is 0 Å². The predicted octanol–water partition coefficient (Wildman–Crippen LogP) is 5.77. The van der Waals surface area contributed by atoms with Gasteiger partial charge in [0.2, 0.25) is 0 Å². The van der Waals surface area contributed by atoms with Gasteiger partial charge in [0.25, 0.3) is 5.56 Å². The smallest absolute Gasteiger partial charge is 0.338 e. The number of aromatic nitrogens is 1. The summed E-state index contributed by atoms with van der Waals surface area (Å²) in [6, 6.07) is 18.7. The molecule has 1 aliphatic rings.